The van der Waals surface area contributed by atoms with Crippen molar-refractivity contribution in [1.29, 1.82) is 0 Å². The van der Waals surface area contributed by atoms with Crippen molar-refractivity contribution in [2.45, 2.75) is 106 Å². The Balaban J connectivity index is 2.38. The molecule has 0 unspecified atom stereocenters. The van der Waals surface area contributed by atoms with Crippen LogP contribution in [0, 0.1) is 10.8 Å². The quantitative estimate of drug-likeness (QED) is 0.347. The molecule has 0 spiro atoms. The van der Waals surface area contributed by atoms with Gasteiger partial charge in [0, 0.05) is 37.1 Å². The van der Waals surface area contributed by atoms with Gasteiger partial charge in [-0.05, 0) is 43.4 Å². The first-order valence-corrected chi connectivity index (χ1v) is 12.3. The summed E-state index contributed by atoms with van der Waals surface area (Å²) in [5.74, 6) is 0.155. The topological polar surface area (TPSA) is 99.3 Å². The van der Waals surface area contributed by atoms with E-state index in [2.05, 4.69) is 0 Å². The van der Waals surface area contributed by atoms with Crippen LogP contribution in [0.2, 0.25) is 0 Å². The van der Waals surface area contributed by atoms with E-state index in [-0.39, 0.29) is 40.0 Å². The molecule has 0 radical (unpaired) electrons. The van der Waals surface area contributed by atoms with Crippen LogP contribution >= 0.6 is 0 Å². The summed E-state index contributed by atoms with van der Waals surface area (Å²) in [4.78, 5) is 35.2. The number of aliphatic imine (C=N–C) groups is 2. The summed E-state index contributed by atoms with van der Waals surface area (Å²) in [6, 6.07) is -0.228. The zero-order chi connectivity index (χ0) is 25.0. The van der Waals surface area contributed by atoms with Gasteiger partial charge in [0.1, 0.15) is 11.5 Å². The molecule has 0 saturated heterocycles. The molecule has 6 nitrogen and oxygen atoms in total. The average Bonchev–Trinajstić information content (AvgIpc) is 2.64. The lowest BCUT2D eigenvalue weighted by molar-refractivity contribution is -0.118. The van der Waals surface area contributed by atoms with Gasteiger partial charge < -0.3 is 10.2 Å². The fourth-order valence-corrected chi connectivity index (χ4v) is 4.75. The highest BCUT2D eigenvalue weighted by Gasteiger charge is 2.37. The van der Waals surface area contributed by atoms with Gasteiger partial charge in [-0.25, -0.2) is 0 Å². The van der Waals surface area contributed by atoms with Crippen LogP contribution in [0.4, 0.5) is 0 Å². The van der Waals surface area contributed by atoms with Crippen molar-refractivity contribution < 1.29 is 19.8 Å². The molecule has 0 heterocycles. The monoisotopic (exact) mass is 458 g/mol. The fraction of sp³-hybridized carbons (Fsp3) is 0.704. The van der Waals surface area contributed by atoms with Crippen molar-refractivity contribution in [1.82, 2.24) is 0 Å². The van der Waals surface area contributed by atoms with E-state index in [0.717, 1.165) is 12.8 Å². The third kappa shape index (κ3) is 7.12. The van der Waals surface area contributed by atoms with E-state index >= 15 is 0 Å². The second kappa shape index (κ2) is 10.8. The van der Waals surface area contributed by atoms with E-state index in [1.807, 2.05) is 48.5 Å². The predicted molar refractivity (Wildman–Crippen MR) is 134 cm³/mol. The smallest absolute Gasteiger partial charge is 0.168 e. The van der Waals surface area contributed by atoms with E-state index in [1.165, 1.54) is 0 Å². The normalized spacial score (nSPS) is 27.1. The fourth-order valence-electron chi connectivity index (χ4n) is 4.75. The Labute approximate surface area is 199 Å². The Morgan fingerprint density at radius 1 is 0.818 bits per heavy atom. The third-order valence-electron chi connectivity index (χ3n) is 6.18. The molecule has 2 rings (SSSR count). The second-order valence-electron chi connectivity index (χ2n) is 11.2. The van der Waals surface area contributed by atoms with Crippen LogP contribution in [-0.2, 0) is 9.59 Å². The Kier molecular flexibility index (Phi) is 8.83. The van der Waals surface area contributed by atoms with Gasteiger partial charge in [0.05, 0.1) is 23.7 Å². The van der Waals surface area contributed by atoms with Crippen molar-refractivity contribution in [3.8, 4) is 0 Å². The molecule has 2 saturated carbocycles. The Morgan fingerprint density at radius 2 is 1.24 bits per heavy atom. The second-order valence-corrected chi connectivity index (χ2v) is 11.2. The molecular formula is C27H42N2O4. The largest absolute Gasteiger partial charge is 0.511 e. The van der Waals surface area contributed by atoms with Crippen molar-refractivity contribution >= 4 is 23.0 Å². The minimum atomic E-state index is -0.228. The third-order valence-corrected chi connectivity index (χ3v) is 6.18. The highest BCUT2D eigenvalue weighted by Crippen LogP contribution is 2.37. The lowest BCUT2D eigenvalue weighted by Crippen LogP contribution is -2.34. The molecule has 0 bridgehead atoms. The van der Waals surface area contributed by atoms with Gasteiger partial charge in [0.25, 0.3) is 0 Å². The maximum Gasteiger partial charge on any atom is 0.168 e. The van der Waals surface area contributed by atoms with Gasteiger partial charge >= 0.3 is 0 Å². The molecule has 2 aliphatic rings. The maximum atomic E-state index is 12.8. The number of nitrogens with zero attached hydrogens (tertiary/aromatic N) is 2. The van der Waals surface area contributed by atoms with E-state index in [0.29, 0.717) is 67.6 Å². The van der Waals surface area contributed by atoms with Gasteiger partial charge in [-0.15, -0.1) is 0 Å². The van der Waals surface area contributed by atoms with E-state index in [4.69, 9.17) is 9.98 Å². The highest BCUT2D eigenvalue weighted by molar-refractivity contribution is 6.25. The Morgan fingerprint density at radius 3 is 1.70 bits per heavy atom. The number of hydrogen-bond acceptors (Lipinski definition) is 6. The zero-order valence-corrected chi connectivity index (χ0v) is 21.5. The number of allylic oxidation sites excluding steroid dienone is 4. The van der Waals surface area contributed by atoms with Crippen molar-refractivity contribution in [2.75, 3.05) is 6.54 Å². The van der Waals surface area contributed by atoms with Crippen LogP contribution in [-0.4, -0.2) is 45.8 Å². The van der Waals surface area contributed by atoms with E-state index in [1.54, 1.807) is 0 Å². The lowest BCUT2D eigenvalue weighted by atomic mass is 9.73. The standard InChI is InChI=1S/C27H42N2O4/c1-8-10-20(30)24-18(12-26(4,5)14-22(24)32)28-16-17(3)29-19-13-27(6,7)15-23(33)25(19)21(31)11-9-2/h17,30-31H,8-16H2,1-7H3/t17-/m0/s1. The number of hydrogen-bond donors (Lipinski definition) is 2. The van der Waals surface area contributed by atoms with Gasteiger partial charge in [0.2, 0.25) is 0 Å². The van der Waals surface area contributed by atoms with E-state index < -0.39 is 0 Å². The minimum absolute atomic E-state index is 0.0516. The molecule has 1 atom stereocenters. The molecule has 0 aromatic rings. The van der Waals surface area contributed by atoms with E-state index in [9.17, 15) is 19.8 Å². The minimum Gasteiger partial charge on any atom is -0.511 e. The summed E-state index contributed by atoms with van der Waals surface area (Å²) in [7, 11) is 0. The zero-order valence-electron chi connectivity index (χ0n) is 21.5. The molecule has 0 aromatic carbocycles. The van der Waals surface area contributed by atoms with Crippen molar-refractivity contribution in [3.05, 3.63) is 22.7 Å². The number of aliphatic hydroxyl groups is 2. The van der Waals surface area contributed by atoms with Gasteiger partial charge in [-0.3, -0.25) is 19.6 Å². The summed E-state index contributed by atoms with van der Waals surface area (Å²) >= 11 is 0. The first kappa shape index (κ1) is 27.0. The highest BCUT2D eigenvalue weighted by atomic mass is 16.3. The molecule has 2 N–H and O–H groups in total. The summed E-state index contributed by atoms with van der Waals surface area (Å²) in [6.07, 6.45) is 4.46. The molecule has 2 fully saturated rings. The summed E-state index contributed by atoms with van der Waals surface area (Å²) < 4.78 is 0. The van der Waals surface area contributed by atoms with Gasteiger partial charge in [-0.1, -0.05) is 41.5 Å². The first-order valence-electron chi connectivity index (χ1n) is 12.3. The van der Waals surface area contributed by atoms with Crippen LogP contribution in [0.5, 0.6) is 0 Å². The molecule has 0 aliphatic heterocycles. The Hall–Kier alpha value is -2.24. The number of Topliss-reactive ketones (excluding diaryl/α,β-unsaturated/α-hetero) is 2. The molecule has 0 amide bonds. The summed E-state index contributed by atoms with van der Waals surface area (Å²) in [5, 5.41) is 21.1. The number of carbonyl (C=O) groups is 2. The number of carbonyl (C=O) groups excluding carboxylic acids is 2. The maximum absolute atomic E-state index is 12.8. The number of aliphatic hydroxyl groups excluding tert-OH is 2. The van der Waals surface area contributed by atoms with Crippen molar-refractivity contribution in [2.24, 2.45) is 20.8 Å². The summed E-state index contributed by atoms with van der Waals surface area (Å²) in [6.45, 7) is 14.4. The number of ketones is 2. The van der Waals surface area contributed by atoms with Crippen LogP contribution in [0.25, 0.3) is 0 Å². The molecule has 0 aromatic heterocycles. The molecule has 6 heteroatoms. The average molecular weight is 459 g/mol. The van der Waals surface area contributed by atoms with Crippen LogP contribution in [0.1, 0.15) is 99.8 Å². The molecule has 33 heavy (non-hydrogen) atoms. The first-order chi connectivity index (χ1) is 15.3. The molecule has 184 valence electrons. The van der Waals surface area contributed by atoms with Crippen LogP contribution in [0.15, 0.2) is 32.6 Å². The SMILES string of the molecule is CCCC(O)=C1C(=O)CC(C)(C)CC1=NC[C@H](C)N=C1CC(C)(C)CC(=O)C1=C(O)CCC. The summed E-state index contributed by atoms with van der Waals surface area (Å²) in [5.41, 5.74) is 1.65. The van der Waals surface area contributed by atoms with Crippen molar-refractivity contribution in [3.63, 3.8) is 0 Å². The van der Waals surface area contributed by atoms with Crippen LogP contribution in [0.3, 0.4) is 0 Å². The van der Waals surface area contributed by atoms with Gasteiger partial charge in [0.15, 0.2) is 11.6 Å². The predicted octanol–water partition coefficient (Wildman–Crippen LogP) is 6.26. The van der Waals surface area contributed by atoms with Gasteiger partial charge in [-0.2, -0.15) is 0 Å². The molecule has 2 aliphatic carbocycles. The van der Waals surface area contributed by atoms with Crippen LogP contribution < -0.4 is 0 Å². The Bertz CT molecular complexity index is 903. The lowest BCUT2D eigenvalue weighted by Gasteiger charge is -2.32. The number of rotatable bonds is 7. The molecular weight excluding hydrogens is 416 g/mol.